The summed E-state index contributed by atoms with van der Waals surface area (Å²) in [6, 6.07) is 6.40. The molecule has 0 aliphatic carbocycles. The third-order valence-corrected chi connectivity index (χ3v) is 3.50. The van der Waals surface area contributed by atoms with Gasteiger partial charge >= 0.3 is 0 Å². The zero-order valence-corrected chi connectivity index (χ0v) is 11.4. The Kier molecular flexibility index (Phi) is 3.50. The highest BCUT2D eigenvalue weighted by atomic mass is 15.3. The molecule has 0 amide bonds. The van der Waals surface area contributed by atoms with Crippen LogP contribution in [0.25, 0.3) is 0 Å². The van der Waals surface area contributed by atoms with Gasteiger partial charge in [0, 0.05) is 18.3 Å². The number of rotatable bonds is 3. The molecule has 1 aromatic heterocycles. The van der Waals surface area contributed by atoms with Crippen LogP contribution >= 0.6 is 0 Å². The van der Waals surface area contributed by atoms with Crippen LogP contribution in [0.3, 0.4) is 0 Å². The molecule has 18 heavy (non-hydrogen) atoms. The second-order valence-electron chi connectivity index (χ2n) is 4.77. The van der Waals surface area contributed by atoms with Gasteiger partial charge in [-0.25, -0.2) is 5.43 Å². The quantitative estimate of drug-likeness (QED) is 0.640. The van der Waals surface area contributed by atoms with Crippen molar-refractivity contribution in [3.63, 3.8) is 0 Å². The first kappa shape index (κ1) is 12.8. The molecule has 1 aromatic carbocycles. The fourth-order valence-corrected chi connectivity index (χ4v) is 2.22. The number of aryl methyl sites for hydroxylation is 3. The van der Waals surface area contributed by atoms with Crippen molar-refractivity contribution in [1.82, 2.24) is 15.2 Å². The first-order valence-corrected chi connectivity index (χ1v) is 6.06. The molecule has 2 rings (SSSR count). The van der Waals surface area contributed by atoms with Crippen molar-refractivity contribution in [2.24, 2.45) is 12.9 Å². The van der Waals surface area contributed by atoms with Crippen LogP contribution in [0.2, 0.25) is 0 Å². The van der Waals surface area contributed by atoms with Crippen LogP contribution < -0.4 is 11.3 Å². The van der Waals surface area contributed by atoms with Gasteiger partial charge < -0.3 is 0 Å². The van der Waals surface area contributed by atoms with Crippen LogP contribution in [-0.2, 0) is 7.05 Å². The van der Waals surface area contributed by atoms with Crippen LogP contribution in [0.15, 0.2) is 24.4 Å². The van der Waals surface area contributed by atoms with Crippen molar-refractivity contribution in [2.75, 3.05) is 0 Å². The highest BCUT2D eigenvalue weighted by Gasteiger charge is 2.19. The monoisotopic (exact) mass is 244 g/mol. The fourth-order valence-electron chi connectivity index (χ4n) is 2.22. The van der Waals surface area contributed by atoms with Gasteiger partial charge in [0.2, 0.25) is 0 Å². The Bertz CT molecular complexity index is 557. The van der Waals surface area contributed by atoms with Crippen LogP contribution in [0.1, 0.15) is 34.0 Å². The summed E-state index contributed by atoms with van der Waals surface area (Å²) in [7, 11) is 1.94. The van der Waals surface area contributed by atoms with Gasteiger partial charge in [-0.2, -0.15) is 5.10 Å². The molecule has 0 radical (unpaired) electrons. The van der Waals surface area contributed by atoms with Gasteiger partial charge in [0.1, 0.15) is 0 Å². The Hall–Kier alpha value is -1.65. The van der Waals surface area contributed by atoms with Crippen LogP contribution in [0, 0.1) is 20.8 Å². The lowest BCUT2D eigenvalue weighted by molar-refractivity contribution is 0.627. The van der Waals surface area contributed by atoms with Gasteiger partial charge in [0.15, 0.2) is 0 Å². The summed E-state index contributed by atoms with van der Waals surface area (Å²) in [5.74, 6) is 5.75. The third-order valence-electron chi connectivity index (χ3n) is 3.50. The van der Waals surface area contributed by atoms with Gasteiger partial charge in [-0.1, -0.05) is 23.8 Å². The lowest BCUT2D eigenvalue weighted by Crippen LogP contribution is -2.29. The van der Waals surface area contributed by atoms with Crippen molar-refractivity contribution in [1.29, 1.82) is 0 Å². The number of hydrazine groups is 1. The largest absolute Gasteiger partial charge is 0.273 e. The minimum atomic E-state index is -0.0152. The van der Waals surface area contributed by atoms with E-state index in [1.165, 1.54) is 16.7 Å². The standard InChI is InChI=1S/C14H20N4/c1-9-5-6-10(2)12(7-9)14(17-15)13-8-16-18(4)11(13)3/h5-8,14,17H,15H2,1-4H3. The Balaban J connectivity index is 2.51. The maximum absolute atomic E-state index is 5.75. The molecule has 0 saturated heterocycles. The van der Waals surface area contributed by atoms with Gasteiger partial charge in [-0.3, -0.25) is 10.5 Å². The molecular weight excluding hydrogens is 224 g/mol. The van der Waals surface area contributed by atoms with E-state index < -0.39 is 0 Å². The van der Waals surface area contributed by atoms with Crippen LogP contribution in [-0.4, -0.2) is 9.78 Å². The molecular formula is C14H20N4. The highest BCUT2D eigenvalue weighted by molar-refractivity contribution is 5.39. The van der Waals surface area contributed by atoms with Gasteiger partial charge in [0.05, 0.1) is 12.2 Å². The number of nitrogens with one attached hydrogen (secondary N) is 1. The predicted octanol–water partition coefficient (Wildman–Crippen LogP) is 1.90. The second-order valence-corrected chi connectivity index (χ2v) is 4.77. The zero-order valence-electron chi connectivity index (χ0n) is 11.4. The smallest absolute Gasteiger partial charge is 0.0746 e. The average Bonchev–Trinajstić information content (AvgIpc) is 2.67. The minimum Gasteiger partial charge on any atom is -0.273 e. The van der Waals surface area contributed by atoms with Crippen molar-refractivity contribution in [3.8, 4) is 0 Å². The molecule has 1 heterocycles. The van der Waals surface area contributed by atoms with Gasteiger partial charge in [-0.05, 0) is 31.9 Å². The topological polar surface area (TPSA) is 55.9 Å². The van der Waals surface area contributed by atoms with E-state index >= 15 is 0 Å². The van der Waals surface area contributed by atoms with E-state index in [1.807, 2.05) is 17.9 Å². The van der Waals surface area contributed by atoms with Crippen molar-refractivity contribution >= 4 is 0 Å². The van der Waals surface area contributed by atoms with Gasteiger partial charge in [0.25, 0.3) is 0 Å². The van der Waals surface area contributed by atoms with E-state index in [9.17, 15) is 0 Å². The molecule has 2 aromatic rings. The summed E-state index contributed by atoms with van der Waals surface area (Å²) in [6.45, 7) is 6.25. The molecule has 3 N–H and O–H groups in total. The molecule has 4 heteroatoms. The van der Waals surface area contributed by atoms with Crippen LogP contribution in [0.5, 0.6) is 0 Å². The summed E-state index contributed by atoms with van der Waals surface area (Å²) in [4.78, 5) is 0. The van der Waals surface area contributed by atoms with E-state index in [0.717, 1.165) is 11.3 Å². The molecule has 0 aliphatic rings. The van der Waals surface area contributed by atoms with Crippen LogP contribution in [0.4, 0.5) is 0 Å². The highest BCUT2D eigenvalue weighted by Crippen LogP contribution is 2.26. The molecule has 0 bridgehead atoms. The molecule has 0 aliphatic heterocycles. The number of hydrogen-bond donors (Lipinski definition) is 2. The number of hydrogen-bond acceptors (Lipinski definition) is 3. The van der Waals surface area contributed by atoms with E-state index in [1.54, 1.807) is 0 Å². The molecule has 96 valence electrons. The summed E-state index contributed by atoms with van der Waals surface area (Å²) in [5.41, 5.74) is 8.81. The Morgan fingerprint density at radius 3 is 2.50 bits per heavy atom. The van der Waals surface area contributed by atoms with E-state index in [4.69, 9.17) is 5.84 Å². The summed E-state index contributed by atoms with van der Waals surface area (Å²) < 4.78 is 1.87. The number of nitrogens with two attached hydrogens (primary N) is 1. The normalized spacial score (nSPS) is 12.7. The Morgan fingerprint density at radius 2 is 1.94 bits per heavy atom. The molecule has 1 atom stereocenters. The summed E-state index contributed by atoms with van der Waals surface area (Å²) >= 11 is 0. The Labute approximate surface area is 108 Å². The molecule has 0 saturated carbocycles. The SMILES string of the molecule is Cc1ccc(C)c(C(NN)c2cnn(C)c2C)c1. The number of nitrogens with zero attached hydrogens (tertiary/aromatic N) is 2. The van der Waals surface area contributed by atoms with Gasteiger partial charge in [-0.15, -0.1) is 0 Å². The first-order valence-electron chi connectivity index (χ1n) is 6.06. The number of aromatic nitrogens is 2. The molecule has 0 spiro atoms. The third kappa shape index (κ3) is 2.17. The lowest BCUT2D eigenvalue weighted by atomic mass is 9.94. The van der Waals surface area contributed by atoms with Crippen molar-refractivity contribution < 1.29 is 0 Å². The van der Waals surface area contributed by atoms with E-state index in [2.05, 4.69) is 49.5 Å². The minimum absolute atomic E-state index is 0.0152. The summed E-state index contributed by atoms with van der Waals surface area (Å²) in [5, 5.41) is 4.28. The van der Waals surface area contributed by atoms with Crippen molar-refractivity contribution in [3.05, 3.63) is 52.3 Å². The second kappa shape index (κ2) is 4.92. The van der Waals surface area contributed by atoms with Crippen molar-refractivity contribution in [2.45, 2.75) is 26.8 Å². The predicted molar refractivity (Wildman–Crippen MR) is 73.0 cm³/mol. The molecule has 0 fully saturated rings. The van der Waals surface area contributed by atoms with E-state index in [-0.39, 0.29) is 6.04 Å². The maximum Gasteiger partial charge on any atom is 0.0746 e. The molecule has 4 nitrogen and oxygen atoms in total. The number of benzene rings is 1. The summed E-state index contributed by atoms with van der Waals surface area (Å²) in [6.07, 6.45) is 1.88. The van der Waals surface area contributed by atoms with E-state index in [0.29, 0.717) is 0 Å². The molecule has 1 unspecified atom stereocenters. The lowest BCUT2D eigenvalue weighted by Gasteiger charge is -2.19. The average molecular weight is 244 g/mol. The first-order chi connectivity index (χ1) is 8.54. The Morgan fingerprint density at radius 1 is 1.22 bits per heavy atom. The maximum atomic E-state index is 5.75. The zero-order chi connectivity index (χ0) is 13.3. The fraction of sp³-hybridized carbons (Fsp3) is 0.357.